The average molecular weight is 433 g/mol. The van der Waals surface area contributed by atoms with E-state index in [4.69, 9.17) is 4.42 Å². The summed E-state index contributed by atoms with van der Waals surface area (Å²) < 4.78 is 5.92. The molecule has 0 bridgehead atoms. The van der Waals surface area contributed by atoms with Gasteiger partial charge in [-0.2, -0.15) is 0 Å². The van der Waals surface area contributed by atoms with Crippen molar-refractivity contribution in [1.82, 2.24) is 4.98 Å². The van der Waals surface area contributed by atoms with Crippen LogP contribution < -0.4 is 10.3 Å². The molecule has 4 aromatic rings. The predicted molar refractivity (Wildman–Crippen MR) is 116 cm³/mol. The fraction of sp³-hybridized carbons (Fsp3) is 0.136. The number of nitro groups is 1. The number of nitro benzene ring substituents is 1. The van der Waals surface area contributed by atoms with Crippen molar-refractivity contribution in [2.75, 3.05) is 4.90 Å². The summed E-state index contributed by atoms with van der Waals surface area (Å²) in [5.41, 5.74) is 1.74. The number of aromatic nitrogens is 1. The first-order valence-corrected chi connectivity index (χ1v) is 10.4. The molecule has 0 saturated heterocycles. The van der Waals surface area contributed by atoms with Gasteiger partial charge in [0.25, 0.3) is 11.6 Å². The Hall–Kier alpha value is -3.85. The number of nitrogens with zero attached hydrogens (tertiary/aromatic N) is 3. The molecule has 0 saturated carbocycles. The summed E-state index contributed by atoms with van der Waals surface area (Å²) in [5, 5.41) is 13.6. The van der Waals surface area contributed by atoms with Crippen LogP contribution in [0.25, 0.3) is 11.0 Å². The van der Waals surface area contributed by atoms with E-state index in [9.17, 15) is 19.7 Å². The fourth-order valence-corrected chi connectivity index (χ4v) is 4.53. The number of benzene rings is 2. The number of hydrogen-bond acceptors (Lipinski definition) is 7. The van der Waals surface area contributed by atoms with Crippen molar-refractivity contribution in [3.8, 4) is 0 Å². The van der Waals surface area contributed by atoms with Crippen LogP contribution in [0.3, 0.4) is 0 Å². The molecule has 8 nitrogen and oxygen atoms in total. The van der Waals surface area contributed by atoms with Crippen molar-refractivity contribution < 1.29 is 14.1 Å². The minimum Gasteiger partial charge on any atom is -0.450 e. The zero-order valence-corrected chi connectivity index (χ0v) is 17.1. The van der Waals surface area contributed by atoms with Gasteiger partial charge in [0.1, 0.15) is 5.58 Å². The van der Waals surface area contributed by atoms with Gasteiger partial charge in [-0.1, -0.05) is 13.0 Å². The number of rotatable bonds is 4. The Bertz CT molecular complexity index is 1390. The van der Waals surface area contributed by atoms with E-state index in [1.807, 2.05) is 13.0 Å². The predicted octanol–water partition coefficient (Wildman–Crippen LogP) is 4.47. The number of hydrogen-bond donors (Lipinski definition) is 0. The highest BCUT2D eigenvalue weighted by atomic mass is 32.1. The third-order valence-electron chi connectivity index (χ3n) is 5.39. The summed E-state index contributed by atoms with van der Waals surface area (Å²) in [5.74, 6) is -0.493. The number of carbonyl (C=O) groups is 1. The largest absolute Gasteiger partial charge is 0.450 e. The quantitative estimate of drug-likeness (QED) is 0.347. The smallest absolute Gasteiger partial charge is 0.297 e. The molecule has 1 unspecified atom stereocenters. The Morgan fingerprint density at radius 3 is 2.61 bits per heavy atom. The number of fused-ring (bicyclic) bond motifs is 2. The Kier molecular flexibility index (Phi) is 4.40. The summed E-state index contributed by atoms with van der Waals surface area (Å²) in [6.07, 6.45) is 2.32. The van der Waals surface area contributed by atoms with Crippen molar-refractivity contribution in [3.05, 3.63) is 96.8 Å². The number of aryl methyl sites for hydroxylation is 1. The number of amides is 1. The van der Waals surface area contributed by atoms with Gasteiger partial charge in [-0.25, -0.2) is 4.98 Å². The second-order valence-corrected chi connectivity index (χ2v) is 7.97. The van der Waals surface area contributed by atoms with Crippen molar-refractivity contribution >= 4 is 39.0 Å². The van der Waals surface area contributed by atoms with E-state index in [2.05, 4.69) is 4.98 Å². The average Bonchev–Trinajstić information content (AvgIpc) is 3.40. The Morgan fingerprint density at radius 1 is 1.19 bits per heavy atom. The van der Waals surface area contributed by atoms with Crippen molar-refractivity contribution in [3.63, 3.8) is 0 Å². The normalized spacial score (nSPS) is 15.5. The molecule has 0 radical (unpaired) electrons. The van der Waals surface area contributed by atoms with Crippen LogP contribution in [0.2, 0.25) is 0 Å². The first-order valence-electron chi connectivity index (χ1n) is 9.56. The maximum Gasteiger partial charge on any atom is 0.297 e. The van der Waals surface area contributed by atoms with Gasteiger partial charge in [-0.3, -0.25) is 24.6 Å². The van der Waals surface area contributed by atoms with Crippen LogP contribution in [0.4, 0.5) is 10.8 Å². The molecule has 5 rings (SSSR count). The Balaban J connectivity index is 1.78. The molecule has 0 aliphatic carbocycles. The molecule has 0 fully saturated rings. The Labute approximate surface area is 179 Å². The third kappa shape index (κ3) is 2.93. The highest BCUT2D eigenvalue weighted by Gasteiger charge is 2.44. The molecule has 31 heavy (non-hydrogen) atoms. The Morgan fingerprint density at radius 2 is 1.97 bits per heavy atom. The van der Waals surface area contributed by atoms with E-state index in [1.165, 1.54) is 28.4 Å². The molecule has 1 atom stereocenters. The summed E-state index contributed by atoms with van der Waals surface area (Å²) >= 11 is 1.26. The third-order valence-corrected chi connectivity index (χ3v) is 6.16. The molecule has 1 aliphatic heterocycles. The van der Waals surface area contributed by atoms with Crippen LogP contribution in [0.5, 0.6) is 0 Å². The van der Waals surface area contributed by atoms with Crippen LogP contribution in [0, 0.1) is 10.1 Å². The molecule has 2 aromatic carbocycles. The summed E-state index contributed by atoms with van der Waals surface area (Å²) in [6.45, 7) is 1.99. The number of carbonyl (C=O) groups excluding carboxylic acids is 1. The molecule has 1 aliphatic rings. The van der Waals surface area contributed by atoms with Crippen molar-refractivity contribution in [1.29, 1.82) is 0 Å². The molecule has 9 heteroatoms. The van der Waals surface area contributed by atoms with Gasteiger partial charge in [-0.05, 0) is 41.8 Å². The molecular formula is C22H15N3O5S. The van der Waals surface area contributed by atoms with Gasteiger partial charge < -0.3 is 4.42 Å². The molecule has 1 amide bonds. The van der Waals surface area contributed by atoms with Gasteiger partial charge in [0, 0.05) is 23.7 Å². The van der Waals surface area contributed by atoms with E-state index >= 15 is 0 Å². The van der Waals surface area contributed by atoms with Gasteiger partial charge in [0.05, 0.1) is 21.9 Å². The molecule has 3 heterocycles. The van der Waals surface area contributed by atoms with Crippen molar-refractivity contribution in [2.24, 2.45) is 0 Å². The van der Waals surface area contributed by atoms with Gasteiger partial charge in [0.15, 0.2) is 10.6 Å². The van der Waals surface area contributed by atoms with Crippen LogP contribution in [-0.4, -0.2) is 15.8 Å². The first kappa shape index (κ1) is 19.1. The number of non-ortho nitro benzene ring substituents is 1. The first-order chi connectivity index (χ1) is 15.0. The van der Waals surface area contributed by atoms with E-state index in [-0.39, 0.29) is 22.4 Å². The minimum atomic E-state index is -0.791. The summed E-state index contributed by atoms with van der Waals surface area (Å²) in [4.78, 5) is 43.1. The van der Waals surface area contributed by atoms with Crippen LogP contribution >= 0.6 is 11.3 Å². The zero-order chi connectivity index (χ0) is 21.7. The monoisotopic (exact) mass is 433 g/mol. The number of anilines is 1. The summed E-state index contributed by atoms with van der Waals surface area (Å²) in [6, 6.07) is 10.4. The van der Waals surface area contributed by atoms with Gasteiger partial charge >= 0.3 is 0 Å². The SMILES string of the molecule is CCc1ccc2oc3c(c(=O)c2c1)C(c1ccc([N+](=O)[O-])cc1)N(c1nccs1)C3=O. The van der Waals surface area contributed by atoms with Crippen molar-refractivity contribution in [2.45, 2.75) is 19.4 Å². The number of thiazole rings is 1. The maximum atomic E-state index is 13.5. The molecule has 0 N–H and O–H groups in total. The van der Waals surface area contributed by atoms with E-state index in [1.54, 1.807) is 35.8 Å². The maximum absolute atomic E-state index is 13.5. The van der Waals surface area contributed by atoms with Crippen LogP contribution in [0.1, 0.15) is 40.2 Å². The van der Waals surface area contributed by atoms with E-state index in [0.717, 1.165) is 12.0 Å². The fourth-order valence-electron chi connectivity index (χ4n) is 3.87. The van der Waals surface area contributed by atoms with Crippen LogP contribution in [-0.2, 0) is 6.42 Å². The zero-order valence-electron chi connectivity index (χ0n) is 16.3. The van der Waals surface area contributed by atoms with Crippen LogP contribution in [0.15, 0.2) is 63.3 Å². The minimum absolute atomic E-state index is 0.0275. The lowest BCUT2D eigenvalue weighted by molar-refractivity contribution is -0.384. The molecule has 154 valence electrons. The standard InChI is InChI=1S/C22H15N3O5S/c1-2-12-3-8-16-15(11-12)19(26)17-18(13-4-6-14(7-5-13)25(28)29)24(21(27)20(17)30-16)22-23-9-10-31-22/h3-11,18H,2H2,1H3. The van der Waals surface area contributed by atoms with Gasteiger partial charge in [0.2, 0.25) is 5.76 Å². The molecular weight excluding hydrogens is 418 g/mol. The lowest BCUT2D eigenvalue weighted by Crippen LogP contribution is -2.29. The lowest BCUT2D eigenvalue weighted by atomic mass is 9.98. The highest BCUT2D eigenvalue weighted by Crippen LogP contribution is 2.42. The second-order valence-electron chi connectivity index (χ2n) is 7.10. The molecule has 2 aromatic heterocycles. The van der Waals surface area contributed by atoms with E-state index in [0.29, 0.717) is 21.7 Å². The highest BCUT2D eigenvalue weighted by molar-refractivity contribution is 7.13. The second kappa shape index (κ2) is 7.13. The molecule has 0 spiro atoms. The summed E-state index contributed by atoms with van der Waals surface area (Å²) in [7, 11) is 0. The van der Waals surface area contributed by atoms with E-state index < -0.39 is 16.9 Å². The van der Waals surface area contributed by atoms with Gasteiger partial charge in [-0.15, -0.1) is 11.3 Å². The topological polar surface area (TPSA) is 107 Å². The lowest BCUT2D eigenvalue weighted by Gasteiger charge is -2.22.